The van der Waals surface area contributed by atoms with Gasteiger partial charge in [-0.05, 0) is 13.0 Å². The molecule has 0 radical (unpaired) electrons. The number of thiazole rings is 1. The van der Waals surface area contributed by atoms with E-state index in [4.69, 9.17) is 6.42 Å². The number of hydrogen-bond donors (Lipinski definition) is 1. The van der Waals surface area contributed by atoms with Gasteiger partial charge in [0.1, 0.15) is 5.01 Å². The lowest BCUT2D eigenvalue weighted by Gasteiger charge is -1.99. The Morgan fingerprint density at radius 2 is 2.37 bits per heavy atom. The standard InChI is InChI=1S/C15H14N2OS/c1-3-7-16-14(18)9-13-10-19-15(17-13)12-6-4-5-11(2)8-12/h1,4-6,8,10H,7,9H2,2H3,(H,16,18). The van der Waals surface area contributed by atoms with Crippen LogP contribution in [0.4, 0.5) is 0 Å². The number of rotatable bonds is 4. The molecule has 0 saturated carbocycles. The van der Waals surface area contributed by atoms with E-state index in [0.717, 1.165) is 16.3 Å². The highest BCUT2D eigenvalue weighted by atomic mass is 32.1. The Balaban J connectivity index is 2.07. The smallest absolute Gasteiger partial charge is 0.226 e. The van der Waals surface area contributed by atoms with Gasteiger partial charge in [-0.2, -0.15) is 0 Å². The van der Waals surface area contributed by atoms with Crippen molar-refractivity contribution in [1.82, 2.24) is 10.3 Å². The van der Waals surface area contributed by atoms with Crippen molar-refractivity contribution in [2.45, 2.75) is 13.3 Å². The molecule has 1 amide bonds. The lowest BCUT2D eigenvalue weighted by molar-refractivity contribution is -0.120. The predicted molar refractivity (Wildman–Crippen MR) is 77.8 cm³/mol. The van der Waals surface area contributed by atoms with Gasteiger partial charge in [-0.1, -0.05) is 29.7 Å². The highest BCUT2D eigenvalue weighted by Crippen LogP contribution is 2.24. The van der Waals surface area contributed by atoms with Crippen LogP contribution in [0.15, 0.2) is 29.6 Å². The van der Waals surface area contributed by atoms with Crippen LogP contribution >= 0.6 is 11.3 Å². The number of terminal acetylenes is 1. The molecule has 0 bridgehead atoms. The molecule has 1 aromatic heterocycles. The van der Waals surface area contributed by atoms with Crippen molar-refractivity contribution in [2.75, 3.05) is 6.54 Å². The van der Waals surface area contributed by atoms with Crippen LogP contribution in [0.3, 0.4) is 0 Å². The van der Waals surface area contributed by atoms with Gasteiger partial charge < -0.3 is 5.32 Å². The van der Waals surface area contributed by atoms with Crippen molar-refractivity contribution in [3.05, 3.63) is 40.9 Å². The number of benzene rings is 1. The molecule has 96 valence electrons. The summed E-state index contributed by atoms with van der Waals surface area (Å²) in [4.78, 5) is 16.0. The van der Waals surface area contributed by atoms with Gasteiger partial charge in [0.05, 0.1) is 18.7 Å². The quantitative estimate of drug-likeness (QED) is 0.867. The maximum absolute atomic E-state index is 11.5. The van der Waals surface area contributed by atoms with E-state index in [1.54, 1.807) is 11.3 Å². The number of aromatic nitrogens is 1. The lowest BCUT2D eigenvalue weighted by atomic mass is 10.1. The number of hydrogen-bond acceptors (Lipinski definition) is 3. The first kappa shape index (κ1) is 13.3. The second kappa shape index (κ2) is 6.17. The minimum atomic E-state index is -0.0981. The van der Waals surface area contributed by atoms with E-state index in [1.807, 2.05) is 30.5 Å². The van der Waals surface area contributed by atoms with Crippen LogP contribution in [-0.4, -0.2) is 17.4 Å². The Labute approximate surface area is 116 Å². The first-order valence-corrected chi connectivity index (χ1v) is 6.78. The molecule has 2 aromatic rings. The van der Waals surface area contributed by atoms with E-state index in [9.17, 15) is 4.79 Å². The topological polar surface area (TPSA) is 42.0 Å². The summed E-state index contributed by atoms with van der Waals surface area (Å²) in [5.74, 6) is 2.27. The Hall–Kier alpha value is -2.12. The van der Waals surface area contributed by atoms with E-state index < -0.39 is 0 Å². The number of aryl methyl sites for hydroxylation is 1. The molecule has 2 rings (SSSR count). The zero-order chi connectivity index (χ0) is 13.7. The van der Waals surface area contributed by atoms with Crippen LogP contribution in [0.1, 0.15) is 11.3 Å². The van der Waals surface area contributed by atoms with Crippen LogP contribution in [-0.2, 0) is 11.2 Å². The highest BCUT2D eigenvalue weighted by molar-refractivity contribution is 7.13. The molecular weight excluding hydrogens is 256 g/mol. The molecule has 1 aromatic carbocycles. The summed E-state index contributed by atoms with van der Waals surface area (Å²) in [6.07, 6.45) is 5.35. The Morgan fingerprint density at radius 3 is 3.11 bits per heavy atom. The molecule has 19 heavy (non-hydrogen) atoms. The molecule has 0 saturated heterocycles. The summed E-state index contributed by atoms with van der Waals surface area (Å²) in [6, 6.07) is 8.16. The van der Waals surface area contributed by atoms with Crippen LogP contribution in [0.2, 0.25) is 0 Å². The van der Waals surface area contributed by atoms with Crippen LogP contribution in [0, 0.1) is 19.3 Å². The molecule has 0 aliphatic heterocycles. The summed E-state index contributed by atoms with van der Waals surface area (Å²) in [5, 5.41) is 5.47. The van der Waals surface area contributed by atoms with Gasteiger partial charge in [0.25, 0.3) is 0 Å². The molecule has 3 nitrogen and oxygen atoms in total. The molecule has 0 spiro atoms. The van der Waals surface area contributed by atoms with Crippen LogP contribution < -0.4 is 5.32 Å². The first-order valence-electron chi connectivity index (χ1n) is 5.90. The van der Waals surface area contributed by atoms with Crippen molar-refractivity contribution in [3.63, 3.8) is 0 Å². The molecule has 1 N–H and O–H groups in total. The third-order valence-corrected chi connectivity index (χ3v) is 3.49. The molecular formula is C15H14N2OS. The Morgan fingerprint density at radius 1 is 1.53 bits per heavy atom. The van der Waals surface area contributed by atoms with Crippen molar-refractivity contribution < 1.29 is 4.79 Å². The zero-order valence-electron chi connectivity index (χ0n) is 10.6. The van der Waals surface area contributed by atoms with Crippen molar-refractivity contribution in [3.8, 4) is 22.9 Å². The largest absolute Gasteiger partial charge is 0.345 e. The number of nitrogens with one attached hydrogen (secondary N) is 1. The summed E-state index contributed by atoms with van der Waals surface area (Å²) in [5.41, 5.74) is 3.05. The molecule has 0 unspecified atom stereocenters. The minimum absolute atomic E-state index is 0.0981. The van der Waals surface area contributed by atoms with Crippen LogP contribution in [0.5, 0.6) is 0 Å². The van der Waals surface area contributed by atoms with Gasteiger partial charge in [0.15, 0.2) is 0 Å². The van der Waals surface area contributed by atoms with Crippen molar-refractivity contribution in [2.24, 2.45) is 0 Å². The lowest BCUT2D eigenvalue weighted by Crippen LogP contribution is -2.25. The average Bonchev–Trinajstić information content (AvgIpc) is 2.85. The van der Waals surface area contributed by atoms with E-state index >= 15 is 0 Å². The molecule has 4 heteroatoms. The molecule has 1 heterocycles. The average molecular weight is 270 g/mol. The summed E-state index contributed by atoms with van der Waals surface area (Å²) in [6.45, 7) is 2.30. The van der Waals surface area contributed by atoms with E-state index in [0.29, 0.717) is 0 Å². The van der Waals surface area contributed by atoms with Gasteiger partial charge in [0.2, 0.25) is 5.91 Å². The molecule has 0 atom stereocenters. The van der Waals surface area contributed by atoms with Gasteiger partial charge in [-0.25, -0.2) is 4.98 Å². The summed E-state index contributed by atoms with van der Waals surface area (Å²) >= 11 is 1.55. The molecule has 0 fully saturated rings. The summed E-state index contributed by atoms with van der Waals surface area (Å²) < 4.78 is 0. The monoisotopic (exact) mass is 270 g/mol. The van der Waals surface area contributed by atoms with Crippen molar-refractivity contribution >= 4 is 17.2 Å². The number of amides is 1. The van der Waals surface area contributed by atoms with Gasteiger partial charge in [0, 0.05) is 10.9 Å². The number of nitrogens with zero attached hydrogens (tertiary/aromatic N) is 1. The Kier molecular flexibility index (Phi) is 4.32. The van der Waals surface area contributed by atoms with Gasteiger partial charge in [-0.3, -0.25) is 4.79 Å². The SMILES string of the molecule is C#CCNC(=O)Cc1csc(-c2cccc(C)c2)n1. The number of carbonyl (C=O) groups excluding carboxylic acids is 1. The highest BCUT2D eigenvalue weighted by Gasteiger charge is 2.08. The van der Waals surface area contributed by atoms with E-state index in [-0.39, 0.29) is 18.9 Å². The maximum Gasteiger partial charge on any atom is 0.226 e. The Bertz CT molecular complexity index is 625. The fourth-order valence-corrected chi connectivity index (χ4v) is 2.49. The second-order valence-corrected chi connectivity index (χ2v) is 5.03. The maximum atomic E-state index is 11.5. The third-order valence-electron chi connectivity index (χ3n) is 2.55. The normalized spacial score (nSPS) is 9.89. The van der Waals surface area contributed by atoms with E-state index in [1.165, 1.54) is 5.56 Å². The first-order chi connectivity index (χ1) is 9.19. The second-order valence-electron chi connectivity index (χ2n) is 4.17. The van der Waals surface area contributed by atoms with Gasteiger partial charge >= 0.3 is 0 Å². The predicted octanol–water partition coefficient (Wildman–Crippen LogP) is 2.41. The molecule has 0 aliphatic rings. The zero-order valence-corrected chi connectivity index (χ0v) is 11.5. The van der Waals surface area contributed by atoms with Crippen molar-refractivity contribution in [1.29, 1.82) is 0 Å². The van der Waals surface area contributed by atoms with E-state index in [2.05, 4.69) is 22.3 Å². The fourth-order valence-electron chi connectivity index (χ4n) is 1.68. The van der Waals surface area contributed by atoms with Crippen LogP contribution in [0.25, 0.3) is 10.6 Å². The third kappa shape index (κ3) is 3.67. The summed E-state index contributed by atoms with van der Waals surface area (Å²) in [7, 11) is 0. The number of carbonyl (C=O) groups is 1. The fraction of sp³-hybridized carbons (Fsp3) is 0.200. The van der Waals surface area contributed by atoms with Gasteiger partial charge in [-0.15, -0.1) is 17.8 Å². The minimum Gasteiger partial charge on any atom is -0.345 e. The molecule has 0 aliphatic carbocycles.